The lowest BCUT2D eigenvalue weighted by Crippen LogP contribution is -2.43. The van der Waals surface area contributed by atoms with Crippen molar-refractivity contribution in [3.8, 4) is 0 Å². The molecule has 0 radical (unpaired) electrons. The quantitative estimate of drug-likeness (QED) is 0.760. The molecule has 1 atom stereocenters. The van der Waals surface area contributed by atoms with Crippen molar-refractivity contribution in [1.29, 1.82) is 0 Å². The van der Waals surface area contributed by atoms with Crippen LogP contribution in [0, 0.1) is 5.92 Å². The summed E-state index contributed by atoms with van der Waals surface area (Å²) in [5, 5.41) is 4.30. The van der Waals surface area contributed by atoms with Crippen LogP contribution in [0.15, 0.2) is 42.5 Å². The van der Waals surface area contributed by atoms with Crippen molar-refractivity contribution in [2.24, 2.45) is 5.92 Å². The lowest BCUT2D eigenvalue weighted by Gasteiger charge is -2.32. The van der Waals surface area contributed by atoms with Gasteiger partial charge in [-0.2, -0.15) is 0 Å². The van der Waals surface area contributed by atoms with E-state index >= 15 is 0 Å². The molecule has 1 N–H and O–H groups in total. The molecule has 26 heavy (non-hydrogen) atoms. The predicted octanol–water partition coefficient (Wildman–Crippen LogP) is 5.14. The maximum atomic E-state index is 12.6. The van der Waals surface area contributed by atoms with Crippen LogP contribution in [0.4, 0.5) is 5.69 Å². The molecule has 2 aromatic carbocycles. The Labute approximate surface area is 167 Å². The fourth-order valence-corrected chi connectivity index (χ4v) is 3.56. The van der Waals surface area contributed by atoms with E-state index in [4.69, 9.17) is 34.8 Å². The van der Waals surface area contributed by atoms with E-state index in [2.05, 4.69) is 5.32 Å². The van der Waals surface area contributed by atoms with Crippen LogP contribution in [0.2, 0.25) is 15.1 Å². The van der Waals surface area contributed by atoms with Crippen molar-refractivity contribution >= 4 is 52.3 Å². The summed E-state index contributed by atoms with van der Waals surface area (Å²) < 4.78 is 0. The van der Waals surface area contributed by atoms with Crippen LogP contribution in [0.3, 0.4) is 0 Å². The second kappa shape index (κ2) is 8.30. The van der Waals surface area contributed by atoms with Crippen LogP contribution in [-0.2, 0) is 4.79 Å². The summed E-state index contributed by atoms with van der Waals surface area (Å²) in [4.78, 5) is 26.9. The zero-order chi connectivity index (χ0) is 18.7. The summed E-state index contributed by atoms with van der Waals surface area (Å²) in [6.07, 6.45) is 1.49. The molecule has 0 aromatic heterocycles. The van der Waals surface area contributed by atoms with Crippen molar-refractivity contribution in [2.45, 2.75) is 12.8 Å². The monoisotopic (exact) mass is 410 g/mol. The van der Waals surface area contributed by atoms with Gasteiger partial charge >= 0.3 is 0 Å². The van der Waals surface area contributed by atoms with Crippen LogP contribution in [-0.4, -0.2) is 29.8 Å². The van der Waals surface area contributed by atoms with Crippen molar-refractivity contribution < 1.29 is 9.59 Å². The van der Waals surface area contributed by atoms with Crippen LogP contribution in [0.1, 0.15) is 23.2 Å². The van der Waals surface area contributed by atoms with E-state index < -0.39 is 0 Å². The van der Waals surface area contributed by atoms with Gasteiger partial charge in [0.25, 0.3) is 5.91 Å². The highest BCUT2D eigenvalue weighted by Gasteiger charge is 2.29. The van der Waals surface area contributed by atoms with Gasteiger partial charge in [-0.3, -0.25) is 9.59 Å². The zero-order valence-electron chi connectivity index (χ0n) is 13.8. The SMILES string of the molecule is O=C(Nc1ccc(Cl)cc1Cl)C1CCCN(C(=O)c2ccc(Cl)cc2)C1. The first-order valence-corrected chi connectivity index (χ1v) is 9.38. The molecule has 1 heterocycles. The number of benzene rings is 2. The Morgan fingerprint density at radius 3 is 2.38 bits per heavy atom. The lowest BCUT2D eigenvalue weighted by molar-refractivity contribution is -0.121. The Balaban J connectivity index is 1.66. The van der Waals surface area contributed by atoms with Crippen LogP contribution in [0.25, 0.3) is 0 Å². The van der Waals surface area contributed by atoms with Gasteiger partial charge in [0, 0.05) is 28.7 Å². The highest BCUT2D eigenvalue weighted by atomic mass is 35.5. The van der Waals surface area contributed by atoms with E-state index in [0.29, 0.717) is 39.4 Å². The van der Waals surface area contributed by atoms with Crippen molar-refractivity contribution in [3.05, 3.63) is 63.1 Å². The third kappa shape index (κ3) is 4.50. The Hall–Kier alpha value is -1.75. The van der Waals surface area contributed by atoms with Gasteiger partial charge in [-0.25, -0.2) is 0 Å². The first-order chi connectivity index (χ1) is 12.4. The number of hydrogen-bond donors (Lipinski definition) is 1. The molecular formula is C19H17Cl3N2O2. The molecule has 1 unspecified atom stereocenters. The second-order valence-corrected chi connectivity index (χ2v) is 7.49. The molecule has 0 saturated carbocycles. The van der Waals surface area contributed by atoms with Crippen molar-refractivity contribution in [2.75, 3.05) is 18.4 Å². The molecule has 7 heteroatoms. The normalized spacial score (nSPS) is 17.0. The average Bonchev–Trinajstić information content (AvgIpc) is 2.64. The fourth-order valence-electron chi connectivity index (χ4n) is 2.98. The molecule has 0 bridgehead atoms. The van der Waals surface area contributed by atoms with E-state index in [1.54, 1.807) is 47.4 Å². The average molecular weight is 412 g/mol. The van der Waals surface area contributed by atoms with Gasteiger partial charge in [0.05, 0.1) is 16.6 Å². The van der Waals surface area contributed by atoms with Crippen molar-refractivity contribution in [1.82, 2.24) is 4.90 Å². The summed E-state index contributed by atoms with van der Waals surface area (Å²) in [5.41, 5.74) is 1.08. The number of nitrogens with one attached hydrogen (secondary N) is 1. The zero-order valence-corrected chi connectivity index (χ0v) is 16.1. The largest absolute Gasteiger partial charge is 0.338 e. The number of anilines is 1. The van der Waals surface area contributed by atoms with Gasteiger partial charge in [0.2, 0.25) is 5.91 Å². The van der Waals surface area contributed by atoms with E-state index in [0.717, 1.165) is 12.8 Å². The van der Waals surface area contributed by atoms with Gasteiger partial charge in [-0.1, -0.05) is 34.8 Å². The first kappa shape index (κ1) is 19.0. The topological polar surface area (TPSA) is 49.4 Å². The number of carbonyl (C=O) groups excluding carboxylic acids is 2. The van der Waals surface area contributed by atoms with Gasteiger partial charge in [0.15, 0.2) is 0 Å². The Morgan fingerprint density at radius 1 is 1.00 bits per heavy atom. The van der Waals surface area contributed by atoms with E-state index in [1.807, 2.05) is 0 Å². The number of likely N-dealkylation sites (tertiary alicyclic amines) is 1. The molecule has 1 aliphatic heterocycles. The number of nitrogens with zero attached hydrogens (tertiary/aromatic N) is 1. The molecule has 2 aromatic rings. The van der Waals surface area contributed by atoms with E-state index in [1.165, 1.54) is 0 Å². The van der Waals surface area contributed by atoms with E-state index in [9.17, 15) is 9.59 Å². The standard InChI is InChI=1S/C19H17Cl3N2O2/c20-14-5-3-12(4-6-14)19(26)24-9-1-2-13(11-24)18(25)23-17-8-7-15(21)10-16(17)22/h3-8,10,13H,1-2,9,11H2,(H,23,25). The molecule has 1 fully saturated rings. The summed E-state index contributed by atoms with van der Waals surface area (Å²) in [5.74, 6) is -0.529. The summed E-state index contributed by atoms with van der Waals surface area (Å²) >= 11 is 17.9. The second-order valence-electron chi connectivity index (χ2n) is 6.21. The Morgan fingerprint density at radius 2 is 1.69 bits per heavy atom. The first-order valence-electron chi connectivity index (χ1n) is 8.25. The maximum absolute atomic E-state index is 12.6. The molecule has 136 valence electrons. The summed E-state index contributed by atoms with van der Waals surface area (Å²) in [7, 11) is 0. The smallest absolute Gasteiger partial charge is 0.253 e. The number of halogens is 3. The Kier molecular flexibility index (Phi) is 6.07. The van der Waals surface area contributed by atoms with E-state index in [-0.39, 0.29) is 17.7 Å². The minimum absolute atomic E-state index is 0.0938. The fraction of sp³-hybridized carbons (Fsp3) is 0.263. The summed E-state index contributed by atoms with van der Waals surface area (Å²) in [6, 6.07) is 11.7. The van der Waals surface area contributed by atoms with Gasteiger partial charge in [-0.05, 0) is 55.3 Å². The highest BCUT2D eigenvalue weighted by molar-refractivity contribution is 6.36. The van der Waals surface area contributed by atoms with Crippen molar-refractivity contribution in [3.63, 3.8) is 0 Å². The third-order valence-corrected chi connectivity index (χ3v) is 5.16. The number of hydrogen-bond acceptors (Lipinski definition) is 2. The number of carbonyl (C=O) groups is 2. The molecule has 0 aliphatic carbocycles. The minimum Gasteiger partial charge on any atom is -0.338 e. The predicted molar refractivity (Wildman–Crippen MR) is 105 cm³/mol. The van der Waals surface area contributed by atoms with Gasteiger partial charge in [-0.15, -0.1) is 0 Å². The number of piperidine rings is 1. The maximum Gasteiger partial charge on any atom is 0.253 e. The number of amides is 2. The molecule has 2 amide bonds. The van der Waals surface area contributed by atoms with Gasteiger partial charge in [0.1, 0.15) is 0 Å². The number of rotatable bonds is 3. The highest BCUT2D eigenvalue weighted by Crippen LogP contribution is 2.27. The van der Waals surface area contributed by atoms with Gasteiger partial charge < -0.3 is 10.2 Å². The molecular weight excluding hydrogens is 395 g/mol. The molecule has 3 rings (SSSR count). The molecule has 4 nitrogen and oxygen atoms in total. The van der Waals surface area contributed by atoms with Crippen LogP contribution >= 0.6 is 34.8 Å². The van der Waals surface area contributed by atoms with Crippen LogP contribution < -0.4 is 5.32 Å². The minimum atomic E-state index is -0.285. The molecule has 0 spiro atoms. The molecule has 1 saturated heterocycles. The Bertz CT molecular complexity index is 824. The summed E-state index contributed by atoms with van der Waals surface area (Å²) in [6.45, 7) is 1.01. The lowest BCUT2D eigenvalue weighted by atomic mass is 9.96. The molecule has 1 aliphatic rings. The third-order valence-electron chi connectivity index (χ3n) is 4.36. The van der Waals surface area contributed by atoms with Crippen LogP contribution in [0.5, 0.6) is 0 Å².